The van der Waals surface area contributed by atoms with Crippen LogP contribution in [-0.2, 0) is 4.79 Å². The van der Waals surface area contributed by atoms with Gasteiger partial charge < -0.3 is 10.0 Å². The van der Waals surface area contributed by atoms with Gasteiger partial charge in [-0.05, 0) is 51.5 Å². The lowest BCUT2D eigenvalue weighted by Gasteiger charge is -2.33. The van der Waals surface area contributed by atoms with E-state index in [0.29, 0.717) is 18.5 Å². The van der Waals surface area contributed by atoms with E-state index in [9.17, 15) is 9.90 Å². The first kappa shape index (κ1) is 14.8. The summed E-state index contributed by atoms with van der Waals surface area (Å²) in [5, 5.41) is 9.53. The molecule has 19 heavy (non-hydrogen) atoms. The number of hydrogen-bond donors (Lipinski definition) is 1. The van der Waals surface area contributed by atoms with Crippen LogP contribution in [-0.4, -0.2) is 59.1 Å². The highest BCUT2D eigenvalue weighted by Gasteiger charge is 2.29. The van der Waals surface area contributed by atoms with Crippen LogP contribution in [0, 0.1) is 5.92 Å². The SMILES string of the molecule is CC(O)CC1CCCN1CC(=O)N1CCCC(C)C1. The lowest BCUT2D eigenvalue weighted by Crippen LogP contribution is -2.46. The monoisotopic (exact) mass is 268 g/mol. The van der Waals surface area contributed by atoms with Crippen molar-refractivity contribution in [3.63, 3.8) is 0 Å². The van der Waals surface area contributed by atoms with Gasteiger partial charge in [0.05, 0.1) is 12.6 Å². The van der Waals surface area contributed by atoms with E-state index in [1.807, 2.05) is 11.8 Å². The Kier molecular flexibility index (Phi) is 5.22. The van der Waals surface area contributed by atoms with Gasteiger partial charge in [0, 0.05) is 19.1 Å². The number of aliphatic hydroxyl groups excluding tert-OH is 1. The Labute approximate surface area is 116 Å². The van der Waals surface area contributed by atoms with Crippen LogP contribution in [0.2, 0.25) is 0 Å². The topological polar surface area (TPSA) is 43.8 Å². The second-order valence-corrected chi connectivity index (χ2v) is 6.44. The van der Waals surface area contributed by atoms with Crippen LogP contribution in [0.5, 0.6) is 0 Å². The molecule has 0 aliphatic carbocycles. The molecular formula is C15H28N2O2. The van der Waals surface area contributed by atoms with Gasteiger partial charge in [-0.15, -0.1) is 0 Å². The van der Waals surface area contributed by atoms with Crippen molar-refractivity contribution in [2.24, 2.45) is 5.92 Å². The first-order valence-electron chi connectivity index (χ1n) is 7.76. The quantitative estimate of drug-likeness (QED) is 0.840. The molecule has 2 aliphatic rings. The molecule has 0 bridgehead atoms. The summed E-state index contributed by atoms with van der Waals surface area (Å²) in [5.41, 5.74) is 0. The summed E-state index contributed by atoms with van der Waals surface area (Å²) >= 11 is 0. The minimum atomic E-state index is -0.268. The smallest absolute Gasteiger partial charge is 0.236 e. The molecule has 110 valence electrons. The molecule has 0 saturated carbocycles. The molecule has 1 N–H and O–H groups in total. The maximum Gasteiger partial charge on any atom is 0.236 e. The van der Waals surface area contributed by atoms with Gasteiger partial charge in [0.2, 0.25) is 5.91 Å². The number of carbonyl (C=O) groups excluding carboxylic acids is 1. The third-order valence-electron chi connectivity index (χ3n) is 4.46. The number of rotatable bonds is 4. The van der Waals surface area contributed by atoms with Crippen molar-refractivity contribution < 1.29 is 9.90 Å². The largest absolute Gasteiger partial charge is 0.393 e. The summed E-state index contributed by atoms with van der Waals surface area (Å²) in [5.74, 6) is 0.925. The van der Waals surface area contributed by atoms with Crippen molar-refractivity contribution in [2.45, 2.75) is 58.1 Å². The van der Waals surface area contributed by atoms with Crippen molar-refractivity contribution in [3.05, 3.63) is 0 Å². The molecule has 2 fully saturated rings. The zero-order valence-electron chi connectivity index (χ0n) is 12.3. The highest BCUT2D eigenvalue weighted by molar-refractivity contribution is 5.78. The van der Waals surface area contributed by atoms with Gasteiger partial charge in [0.1, 0.15) is 0 Å². The van der Waals surface area contributed by atoms with Crippen molar-refractivity contribution >= 4 is 5.91 Å². The van der Waals surface area contributed by atoms with Gasteiger partial charge >= 0.3 is 0 Å². The van der Waals surface area contributed by atoms with E-state index in [-0.39, 0.29) is 12.0 Å². The summed E-state index contributed by atoms with van der Waals surface area (Å²) in [6.07, 6.45) is 5.19. The Bertz CT molecular complexity index is 307. The van der Waals surface area contributed by atoms with E-state index in [2.05, 4.69) is 11.8 Å². The van der Waals surface area contributed by atoms with Crippen molar-refractivity contribution in [3.8, 4) is 0 Å². The minimum absolute atomic E-state index is 0.268. The first-order valence-corrected chi connectivity index (χ1v) is 7.76. The predicted octanol–water partition coefficient (Wildman–Crippen LogP) is 1.48. The molecule has 1 amide bonds. The molecule has 3 atom stereocenters. The van der Waals surface area contributed by atoms with Gasteiger partial charge in [0.25, 0.3) is 0 Å². The van der Waals surface area contributed by atoms with Crippen LogP contribution in [0.3, 0.4) is 0 Å². The zero-order valence-corrected chi connectivity index (χ0v) is 12.3. The number of amides is 1. The van der Waals surface area contributed by atoms with Gasteiger partial charge in [-0.2, -0.15) is 0 Å². The second kappa shape index (κ2) is 6.71. The summed E-state index contributed by atoms with van der Waals surface area (Å²) in [6.45, 7) is 7.47. The fourth-order valence-corrected chi connectivity index (χ4v) is 3.45. The maximum atomic E-state index is 12.4. The standard InChI is InChI=1S/C15H28N2O2/c1-12-5-3-8-17(10-12)15(19)11-16-7-4-6-14(16)9-13(2)18/h12-14,18H,3-11H2,1-2H3. The molecule has 2 saturated heterocycles. The van der Waals surface area contributed by atoms with Crippen molar-refractivity contribution in [1.82, 2.24) is 9.80 Å². The zero-order chi connectivity index (χ0) is 13.8. The molecule has 2 aliphatic heterocycles. The maximum absolute atomic E-state index is 12.4. The number of carbonyl (C=O) groups is 1. The number of likely N-dealkylation sites (tertiary alicyclic amines) is 2. The molecule has 4 heteroatoms. The van der Waals surface area contributed by atoms with E-state index in [1.54, 1.807) is 0 Å². The molecule has 3 unspecified atom stereocenters. The van der Waals surface area contributed by atoms with Crippen molar-refractivity contribution in [2.75, 3.05) is 26.2 Å². The average Bonchev–Trinajstić information content (AvgIpc) is 2.75. The number of hydrogen-bond acceptors (Lipinski definition) is 3. The third-order valence-corrected chi connectivity index (χ3v) is 4.46. The normalized spacial score (nSPS) is 30.6. The van der Waals surface area contributed by atoms with Crippen LogP contribution >= 0.6 is 0 Å². The number of piperidine rings is 1. The van der Waals surface area contributed by atoms with E-state index in [0.717, 1.165) is 45.3 Å². The lowest BCUT2D eigenvalue weighted by atomic mass is 10.0. The molecule has 2 heterocycles. The Morgan fingerprint density at radius 1 is 1.32 bits per heavy atom. The van der Waals surface area contributed by atoms with Gasteiger partial charge in [-0.25, -0.2) is 0 Å². The van der Waals surface area contributed by atoms with Gasteiger partial charge in [-0.3, -0.25) is 9.69 Å². The summed E-state index contributed by atoms with van der Waals surface area (Å²) < 4.78 is 0. The van der Waals surface area contributed by atoms with Crippen molar-refractivity contribution in [1.29, 1.82) is 0 Å². The summed E-state index contributed by atoms with van der Waals surface area (Å²) in [6, 6.07) is 0.395. The summed E-state index contributed by atoms with van der Waals surface area (Å²) in [7, 11) is 0. The van der Waals surface area contributed by atoms with Crippen LogP contribution in [0.1, 0.15) is 46.0 Å². The predicted molar refractivity (Wildman–Crippen MR) is 75.9 cm³/mol. The Balaban J connectivity index is 1.83. The van der Waals surface area contributed by atoms with Gasteiger partial charge in [0.15, 0.2) is 0 Å². The average molecular weight is 268 g/mol. The highest BCUT2D eigenvalue weighted by atomic mass is 16.3. The van der Waals surface area contributed by atoms with Gasteiger partial charge in [-0.1, -0.05) is 6.92 Å². The van der Waals surface area contributed by atoms with Crippen LogP contribution in [0.4, 0.5) is 0 Å². The molecule has 0 aromatic heterocycles. The minimum Gasteiger partial charge on any atom is -0.393 e. The highest BCUT2D eigenvalue weighted by Crippen LogP contribution is 2.22. The van der Waals surface area contributed by atoms with E-state index >= 15 is 0 Å². The summed E-state index contributed by atoms with van der Waals surface area (Å²) in [4.78, 5) is 16.7. The van der Waals surface area contributed by atoms with Crippen LogP contribution < -0.4 is 0 Å². The molecule has 0 radical (unpaired) electrons. The molecule has 0 spiro atoms. The molecule has 0 aromatic carbocycles. The molecule has 2 rings (SSSR count). The number of nitrogens with zero attached hydrogens (tertiary/aromatic N) is 2. The third kappa shape index (κ3) is 4.18. The molecule has 4 nitrogen and oxygen atoms in total. The van der Waals surface area contributed by atoms with Crippen LogP contribution in [0.25, 0.3) is 0 Å². The Morgan fingerprint density at radius 3 is 2.74 bits per heavy atom. The number of aliphatic hydroxyl groups is 1. The first-order chi connectivity index (χ1) is 9.06. The van der Waals surface area contributed by atoms with E-state index in [4.69, 9.17) is 0 Å². The lowest BCUT2D eigenvalue weighted by molar-refractivity contribution is -0.134. The molecule has 0 aromatic rings. The fourth-order valence-electron chi connectivity index (χ4n) is 3.45. The second-order valence-electron chi connectivity index (χ2n) is 6.44. The van der Waals surface area contributed by atoms with E-state index < -0.39 is 0 Å². The van der Waals surface area contributed by atoms with Crippen LogP contribution in [0.15, 0.2) is 0 Å². The van der Waals surface area contributed by atoms with E-state index in [1.165, 1.54) is 6.42 Å². The fraction of sp³-hybridized carbons (Fsp3) is 0.933. The Morgan fingerprint density at radius 2 is 2.05 bits per heavy atom. The molecular weight excluding hydrogens is 240 g/mol. The Hall–Kier alpha value is -0.610.